The van der Waals surface area contributed by atoms with Crippen molar-refractivity contribution in [3.8, 4) is 0 Å². The first-order chi connectivity index (χ1) is 6.02. The van der Waals surface area contributed by atoms with Crippen molar-refractivity contribution in [1.82, 2.24) is 0 Å². The van der Waals surface area contributed by atoms with Crippen LogP contribution in [0.2, 0.25) is 0 Å². The van der Waals surface area contributed by atoms with Gasteiger partial charge >= 0.3 is 0 Å². The van der Waals surface area contributed by atoms with Crippen LogP contribution in [0, 0.1) is 27.9 Å². The topological polar surface area (TPSA) is 60.2 Å². The zero-order chi connectivity index (χ0) is 10.4. The van der Waals surface area contributed by atoms with E-state index in [9.17, 15) is 14.9 Å². The summed E-state index contributed by atoms with van der Waals surface area (Å²) in [5.41, 5.74) is 0. The molecular weight excluding hydrogens is 170 g/mol. The predicted octanol–water partition coefficient (Wildman–Crippen LogP) is 1.76. The lowest BCUT2D eigenvalue weighted by molar-refractivity contribution is -0.491. The molecule has 13 heavy (non-hydrogen) atoms. The van der Waals surface area contributed by atoms with Crippen LogP contribution in [-0.2, 0) is 4.79 Å². The number of carbonyl (C=O) groups excluding carboxylic acids is 1. The van der Waals surface area contributed by atoms with Crippen molar-refractivity contribution in [3.05, 3.63) is 10.1 Å². The van der Waals surface area contributed by atoms with Gasteiger partial charge in [0.15, 0.2) is 0 Å². The molecule has 0 rings (SSSR count). The molecule has 0 aromatic carbocycles. The van der Waals surface area contributed by atoms with E-state index < -0.39 is 0 Å². The van der Waals surface area contributed by atoms with Crippen LogP contribution in [0.3, 0.4) is 0 Å². The highest BCUT2D eigenvalue weighted by Crippen LogP contribution is 2.22. The molecule has 4 heteroatoms. The largest absolute Gasteiger partial charge is 0.303 e. The molecule has 0 bridgehead atoms. The van der Waals surface area contributed by atoms with Crippen molar-refractivity contribution in [2.45, 2.75) is 27.2 Å². The average molecular weight is 187 g/mol. The molecule has 0 radical (unpaired) electrons. The van der Waals surface area contributed by atoms with Crippen LogP contribution in [0.1, 0.15) is 27.2 Å². The monoisotopic (exact) mass is 187 g/mol. The number of nitrogens with zero attached hydrogens (tertiary/aromatic N) is 1. The van der Waals surface area contributed by atoms with Crippen molar-refractivity contribution >= 4 is 6.29 Å². The molecule has 2 atom stereocenters. The van der Waals surface area contributed by atoms with Gasteiger partial charge in [-0.1, -0.05) is 20.8 Å². The average Bonchev–Trinajstić information content (AvgIpc) is 2.04. The van der Waals surface area contributed by atoms with Crippen LogP contribution in [-0.4, -0.2) is 17.8 Å². The highest BCUT2D eigenvalue weighted by Gasteiger charge is 2.27. The van der Waals surface area contributed by atoms with Crippen molar-refractivity contribution in [3.63, 3.8) is 0 Å². The molecule has 2 unspecified atom stereocenters. The Morgan fingerprint density at radius 2 is 2.00 bits per heavy atom. The van der Waals surface area contributed by atoms with Crippen LogP contribution in [0.25, 0.3) is 0 Å². The highest BCUT2D eigenvalue weighted by molar-refractivity contribution is 5.53. The quantitative estimate of drug-likeness (QED) is 0.361. The standard InChI is InChI=1S/C9H17NO3/c1-4-8(6-11)9(7(2)3)5-10(12)13/h6-9H,4-5H2,1-3H3. The van der Waals surface area contributed by atoms with Crippen LogP contribution in [0.4, 0.5) is 0 Å². The molecule has 4 nitrogen and oxygen atoms in total. The van der Waals surface area contributed by atoms with E-state index in [0.717, 1.165) is 6.29 Å². The first-order valence-corrected chi connectivity index (χ1v) is 4.60. The van der Waals surface area contributed by atoms with E-state index in [1.165, 1.54) is 0 Å². The Morgan fingerprint density at radius 1 is 1.46 bits per heavy atom. The van der Waals surface area contributed by atoms with Gasteiger partial charge in [0.2, 0.25) is 6.54 Å². The van der Waals surface area contributed by atoms with Gasteiger partial charge in [-0.3, -0.25) is 10.1 Å². The summed E-state index contributed by atoms with van der Waals surface area (Å²) < 4.78 is 0. The Kier molecular flexibility index (Phi) is 5.26. The second-order valence-corrected chi connectivity index (χ2v) is 3.63. The van der Waals surface area contributed by atoms with Gasteiger partial charge in [-0.15, -0.1) is 0 Å². The van der Waals surface area contributed by atoms with Crippen LogP contribution in [0.5, 0.6) is 0 Å². The molecular formula is C9H17NO3. The molecule has 76 valence electrons. The molecule has 0 saturated carbocycles. The van der Waals surface area contributed by atoms with E-state index in [0.29, 0.717) is 6.42 Å². The van der Waals surface area contributed by atoms with E-state index in [2.05, 4.69) is 0 Å². The number of nitro groups is 1. The minimum absolute atomic E-state index is 0.102. The maximum atomic E-state index is 10.6. The molecule has 0 spiro atoms. The Balaban J connectivity index is 4.38. The number of carbonyl (C=O) groups is 1. The summed E-state index contributed by atoms with van der Waals surface area (Å²) in [7, 11) is 0. The molecule has 0 aliphatic rings. The van der Waals surface area contributed by atoms with Gasteiger partial charge < -0.3 is 4.79 Å². The van der Waals surface area contributed by atoms with E-state index in [1.807, 2.05) is 20.8 Å². The van der Waals surface area contributed by atoms with Crippen molar-refractivity contribution < 1.29 is 9.72 Å². The number of hydrogen-bond donors (Lipinski definition) is 0. The van der Waals surface area contributed by atoms with Gasteiger partial charge in [-0.05, 0) is 12.3 Å². The third-order valence-corrected chi connectivity index (χ3v) is 2.41. The number of hydrogen-bond acceptors (Lipinski definition) is 3. The van der Waals surface area contributed by atoms with E-state index in [1.54, 1.807) is 0 Å². The SMILES string of the molecule is CCC(C=O)C(C[N+](=O)[O-])C(C)C. The summed E-state index contributed by atoms with van der Waals surface area (Å²) in [6.45, 7) is 5.62. The molecule has 0 heterocycles. The van der Waals surface area contributed by atoms with Crippen LogP contribution >= 0.6 is 0 Å². The maximum Gasteiger partial charge on any atom is 0.207 e. The lowest BCUT2D eigenvalue weighted by atomic mass is 9.83. The Labute approximate surface area is 78.5 Å². The summed E-state index contributed by atoms with van der Waals surface area (Å²) in [4.78, 5) is 20.6. The van der Waals surface area contributed by atoms with Gasteiger partial charge in [-0.2, -0.15) is 0 Å². The van der Waals surface area contributed by atoms with E-state index >= 15 is 0 Å². The minimum atomic E-state index is -0.336. The molecule has 0 fully saturated rings. The second kappa shape index (κ2) is 5.67. The fraction of sp³-hybridized carbons (Fsp3) is 0.889. The van der Waals surface area contributed by atoms with Gasteiger partial charge in [0.1, 0.15) is 6.29 Å². The third kappa shape index (κ3) is 4.01. The van der Waals surface area contributed by atoms with Crippen molar-refractivity contribution in [2.75, 3.05) is 6.54 Å². The summed E-state index contributed by atoms with van der Waals surface area (Å²) in [5, 5.41) is 10.3. The summed E-state index contributed by atoms with van der Waals surface area (Å²) in [6.07, 6.45) is 1.52. The van der Waals surface area contributed by atoms with Crippen molar-refractivity contribution in [1.29, 1.82) is 0 Å². The molecule has 0 amide bonds. The number of rotatable bonds is 6. The minimum Gasteiger partial charge on any atom is -0.303 e. The van der Waals surface area contributed by atoms with E-state index in [4.69, 9.17) is 0 Å². The molecule has 0 aliphatic carbocycles. The molecule has 0 aromatic rings. The zero-order valence-corrected chi connectivity index (χ0v) is 8.40. The second-order valence-electron chi connectivity index (χ2n) is 3.63. The Morgan fingerprint density at radius 3 is 2.23 bits per heavy atom. The number of aldehydes is 1. The third-order valence-electron chi connectivity index (χ3n) is 2.41. The highest BCUT2D eigenvalue weighted by atomic mass is 16.6. The Bertz CT molecular complexity index is 180. The van der Waals surface area contributed by atoms with Crippen LogP contribution < -0.4 is 0 Å². The van der Waals surface area contributed by atoms with E-state index in [-0.39, 0.29) is 29.2 Å². The first kappa shape index (κ1) is 12.1. The normalized spacial score (nSPS) is 15.4. The lowest BCUT2D eigenvalue weighted by Crippen LogP contribution is -2.28. The molecule has 0 aromatic heterocycles. The molecule has 0 saturated heterocycles. The molecule has 0 aliphatic heterocycles. The fourth-order valence-electron chi connectivity index (χ4n) is 1.51. The maximum absolute atomic E-state index is 10.6. The smallest absolute Gasteiger partial charge is 0.207 e. The fourth-order valence-corrected chi connectivity index (χ4v) is 1.51. The van der Waals surface area contributed by atoms with Crippen molar-refractivity contribution in [2.24, 2.45) is 17.8 Å². The lowest BCUT2D eigenvalue weighted by Gasteiger charge is -2.21. The predicted molar refractivity (Wildman–Crippen MR) is 50.0 cm³/mol. The zero-order valence-electron chi connectivity index (χ0n) is 8.40. The van der Waals surface area contributed by atoms with Gasteiger partial charge in [-0.25, -0.2) is 0 Å². The van der Waals surface area contributed by atoms with Crippen LogP contribution in [0.15, 0.2) is 0 Å². The first-order valence-electron chi connectivity index (χ1n) is 4.60. The van der Waals surface area contributed by atoms with Gasteiger partial charge in [0.25, 0.3) is 0 Å². The molecule has 0 N–H and O–H groups in total. The summed E-state index contributed by atoms with van der Waals surface area (Å²) in [6, 6.07) is 0. The summed E-state index contributed by atoms with van der Waals surface area (Å²) >= 11 is 0. The Hall–Kier alpha value is -0.930. The summed E-state index contributed by atoms with van der Waals surface area (Å²) in [5.74, 6) is -0.122. The van der Waals surface area contributed by atoms with Gasteiger partial charge in [0.05, 0.1) is 0 Å². The van der Waals surface area contributed by atoms with Gasteiger partial charge in [0, 0.05) is 16.8 Å².